The third-order valence-corrected chi connectivity index (χ3v) is 4.66. The number of nitrogens with one attached hydrogen (secondary N) is 2. The van der Waals surface area contributed by atoms with Crippen LogP contribution in [0.3, 0.4) is 0 Å². The molecule has 1 saturated heterocycles. The van der Waals surface area contributed by atoms with Gasteiger partial charge >= 0.3 is 6.61 Å². The van der Waals surface area contributed by atoms with E-state index < -0.39 is 6.61 Å². The van der Waals surface area contributed by atoms with E-state index in [0.717, 1.165) is 18.5 Å². The highest BCUT2D eigenvalue weighted by molar-refractivity contribution is 14.0. The normalized spacial score (nSPS) is 16.2. The number of rotatable bonds is 7. The summed E-state index contributed by atoms with van der Waals surface area (Å²) in [5, 5.41) is 6.64. The van der Waals surface area contributed by atoms with Crippen LogP contribution in [0, 0.1) is 0 Å². The number of halogens is 3. The van der Waals surface area contributed by atoms with Gasteiger partial charge in [0.2, 0.25) is 5.88 Å². The molecule has 0 bridgehead atoms. The average Bonchev–Trinajstić information content (AvgIpc) is 3.19. The maximum Gasteiger partial charge on any atom is 0.387 e. The maximum absolute atomic E-state index is 12.7. The lowest BCUT2D eigenvalue weighted by Crippen LogP contribution is -2.44. The summed E-state index contributed by atoms with van der Waals surface area (Å²) in [4.78, 5) is 10.5. The van der Waals surface area contributed by atoms with Crippen LogP contribution in [0.5, 0.6) is 11.6 Å². The number of alkyl halides is 2. The number of pyridine rings is 1. The molecule has 1 aliphatic rings. The highest BCUT2D eigenvalue weighted by Crippen LogP contribution is 2.31. The number of nitrogens with zero attached hydrogens (tertiary/aromatic N) is 3. The van der Waals surface area contributed by atoms with Gasteiger partial charge in [-0.15, -0.1) is 24.0 Å². The standard InChI is InChI=1S/C20H25F2N5O2.HI/c1-23-20(25-12-14-6-5-10-24-18(14)28-2)26-15-9-11-27(13-15)16-7-3-4-8-17(16)29-19(21)22;/h3-8,10,15,19H,9,11-13H2,1-2H3,(H2,23,25,26);1H. The highest BCUT2D eigenvalue weighted by Gasteiger charge is 2.26. The van der Waals surface area contributed by atoms with E-state index >= 15 is 0 Å². The zero-order valence-electron chi connectivity index (χ0n) is 16.8. The minimum Gasteiger partial charge on any atom is -0.481 e. The van der Waals surface area contributed by atoms with Crippen LogP contribution in [0.4, 0.5) is 14.5 Å². The Hall–Kier alpha value is -2.37. The Morgan fingerprint density at radius 3 is 2.83 bits per heavy atom. The molecule has 1 aromatic carbocycles. The lowest BCUT2D eigenvalue weighted by molar-refractivity contribution is -0.0495. The number of benzene rings is 1. The third-order valence-electron chi connectivity index (χ3n) is 4.66. The van der Waals surface area contributed by atoms with Gasteiger partial charge in [-0.3, -0.25) is 4.99 Å². The number of aromatic nitrogens is 1. The smallest absolute Gasteiger partial charge is 0.387 e. The molecule has 164 valence electrons. The number of para-hydroxylation sites is 2. The van der Waals surface area contributed by atoms with Crippen LogP contribution in [-0.2, 0) is 6.54 Å². The molecule has 1 unspecified atom stereocenters. The first-order chi connectivity index (χ1) is 14.1. The molecule has 0 amide bonds. The first-order valence-electron chi connectivity index (χ1n) is 9.34. The Morgan fingerprint density at radius 2 is 2.10 bits per heavy atom. The van der Waals surface area contributed by atoms with Crippen molar-refractivity contribution in [1.82, 2.24) is 15.6 Å². The van der Waals surface area contributed by atoms with E-state index in [1.165, 1.54) is 0 Å². The molecule has 1 fully saturated rings. The Bertz CT molecular complexity index is 840. The molecule has 7 nitrogen and oxygen atoms in total. The zero-order chi connectivity index (χ0) is 20.6. The summed E-state index contributed by atoms with van der Waals surface area (Å²) in [5.74, 6) is 1.41. The topological polar surface area (TPSA) is 71.0 Å². The van der Waals surface area contributed by atoms with Crippen molar-refractivity contribution in [3.63, 3.8) is 0 Å². The van der Waals surface area contributed by atoms with Gasteiger partial charge in [0, 0.05) is 44.5 Å². The number of guanidine groups is 1. The molecule has 1 atom stereocenters. The molecule has 0 radical (unpaired) electrons. The number of methoxy groups -OCH3 is 1. The quantitative estimate of drug-likeness (QED) is 0.324. The van der Waals surface area contributed by atoms with Gasteiger partial charge in [0.1, 0.15) is 5.75 Å². The number of anilines is 1. The fraction of sp³-hybridized carbons (Fsp3) is 0.400. The summed E-state index contributed by atoms with van der Waals surface area (Å²) in [5.41, 5.74) is 1.59. The van der Waals surface area contributed by atoms with Crippen LogP contribution in [0.1, 0.15) is 12.0 Å². The monoisotopic (exact) mass is 533 g/mol. The predicted octanol–water partition coefficient (Wildman–Crippen LogP) is 3.25. The minimum absolute atomic E-state index is 0. The number of aliphatic imine (C=N–C) groups is 1. The maximum atomic E-state index is 12.7. The van der Waals surface area contributed by atoms with Crippen LogP contribution in [0.15, 0.2) is 47.6 Å². The van der Waals surface area contributed by atoms with Crippen molar-refractivity contribution in [1.29, 1.82) is 0 Å². The fourth-order valence-corrected chi connectivity index (χ4v) is 3.32. The number of hydrogen-bond acceptors (Lipinski definition) is 5. The van der Waals surface area contributed by atoms with Crippen LogP contribution in [-0.4, -0.2) is 50.8 Å². The molecule has 2 aromatic rings. The van der Waals surface area contributed by atoms with Gasteiger partial charge in [-0.1, -0.05) is 18.2 Å². The van der Waals surface area contributed by atoms with Crippen molar-refractivity contribution < 1.29 is 18.3 Å². The van der Waals surface area contributed by atoms with Crippen molar-refractivity contribution in [3.05, 3.63) is 48.2 Å². The SMILES string of the molecule is CN=C(NCc1cccnc1OC)NC1CCN(c2ccccc2OC(F)F)C1.I. The van der Waals surface area contributed by atoms with Gasteiger partial charge in [0.05, 0.1) is 12.8 Å². The Balaban J connectivity index is 0.00000320. The van der Waals surface area contributed by atoms with E-state index in [1.807, 2.05) is 23.1 Å². The summed E-state index contributed by atoms with van der Waals surface area (Å²) >= 11 is 0. The van der Waals surface area contributed by atoms with Crippen molar-refractivity contribution in [3.8, 4) is 11.6 Å². The molecule has 0 spiro atoms. The van der Waals surface area contributed by atoms with Crippen molar-refractivity contribution in [2.75, 3.05) is 32.1 Å². The molecule has 30 heavy (non-hydrogen) atoms. The van der Waals surface area contributed by atoms with Crippen molar-refractivity contribution in [2.24, 2.45) is 4.99 Å². The first kappa shape index (κ1) is 23.9. The summed E-state index contributed by atoms with van der Waals surface area (Å²) in [7, 11) is 3.29. The van der Waals surface area contributed by atoms with Crippen LogP contribution < -0.4 is 25.0 Å². The van der Waals surface area contributed by atoms with E-state index in [-0.39, 0.29) is 35.8 Å². The van der Waals surface area contributed by atoms with Crippen LogP contribution in [0.2, 0.25) is 0 Å². The van der Waals surface area contributed by atoms with Gasteiger partial charge in [-0.05, 0) is 24.6 Å². The zero-order valence-corrected chi connectivity index (χ0v) is 19.2. The molecule has 10 heteroatoms. The second kappa shape index (κ2) is 11.7. The molecule has 0 aliphatic carbocycles. The molecule has 1 aromatic heterocycles. The van der Waals surface area contributed by atoms with Gasteiger partial charge in [0.25, 0.3) is 0 Å². The van der Waals surface area contributed by atoms with E-state index in [9.17, 15) is 8.78 Å². The fourth-order valence-electron chi connectivity index (χ4n) is 3.32. The first-order valence-corrected chi connectivity index (χ1v) is 9.34. The number of hydrogen-bond donors (Lipinski definition) is 2. The van der Waals surface area contributed by atoms with Crippen LogP contribution in [0.25, 0.3) is 0 Å². The van der Waals surface area contributed by atoms with E-state index in [0.29, 0.717) is 30.6 Å². The average molecular weight is 533 g/mol. The van der Waals surface area contributed by atoms with Crippen molar-refractivity contribution in [2.45, 2.75) is 25.6 Å². The molecule has 3 rings (SSSR count). The predicted molar refractivity (Wildman–Crippen MR) is 123 cm³/mol. The van der Waals surface area contributed by atoms with E-state index in [1.54, 1.807) is 38.6 Å². The Morgan fingerprint density at radius 1 is 1.30 bits per heavy atom. The van der Waals surface area contributed by atoms with Crippen molar-refractivity contribution >= 4 is 35.6 Å². The molecule has 2 N–H and O–H groups in total. The van der Waals surface area contributed by atoms with E-state index in [4.69, 9.17) is 4.74 Å². The molecule has 0 saturated carbocycles. The van der Waals surface area contributed by atoms with Gasteiger partial charge in [-0.2, -0.15) is 8.78 Å². The summed E-state index contributed by atoms with van der Waals surface area (Å²) in [6.45, 7) is -0.951. The summed E-state index contributed by atoms with van der Waals surface area (Å²) < 4.78 is 35.3. The largest absolute Gasteiger partial charge is 0.481 e. The highest BCUT2D eigenvalue weighted by atomic mass is 127. The Kier molecular flexibility index (Phi) is 9.34. The summed E-state index contributed by atoms with van der Waals surface area (Å²) in [6.07, 6.45) is 2.53. The molecular formula is C20H26F2IN5O2. The molecule has 1 aliphatic heterocycles. The van der Waals surface area contributed by atoms with Gasteiger partial charge in [0.15, 0.2) is 5.96 Å². The van der Waals surface area contributed by atoms with Gasteiger partial charge < -0.3 is 25.0 Å². The molecule has 2 heterocycles. The minimum atomic E-state index is -2.85. The summed E-state index contributed by atoms with van der Waals surface area (Å²) in [6, 6.07) is 10.8. The van der Waals surface area contributed by atoms with E-state index in [2.05, 4.69) is 25.3 Å². The van der Waals surface area contributed by atoms with Crippen LogP contribution >= 0.6 is 24.0 Å². The second-order valence-corrected chi connectivity index (χ2v) is 6.52. The number of ether oxygens (including phenoxy) is 2. The lowest BCUT2D eigenvalue weighted by Gasteiger charge is -2.22. The lowest BCUT2D eigenvalue weighted by atomic mass is 10.2. The van der Waals surface area contributed by atoms with Gasteiger partial charge in [-0.25, -0.2) is 4.98 Å². The second-order valence-electron chi connectivity index (χ2n) is 6.52. The Labute approximate surface area is 191 Å². The molecular weight excluding hydrogens is 507 g/mol. The third kappa shape index (κ3) is 6.31.